The number of fused-ring (bicyclic) bond motifs is 2. The number of nitrogens with zero attached hydrogens (tertiary/aromatic N) is 1. The third-order valence-electron chi connectivity index (χ3n) is 6.99. The van der Waals surface area contributed by atoms with Crippen LogP contribution in [0.3, 0.4) is 0 Å². The second-order valence-corrected chi connectivity index (χ2v) is 8.86. The maximum Gasteiger partial charge on any atom is 0.233 e. The fraction of sp³-hybridized carbons (Fsp3) is 0.381. The number of aliphatic hydroxyl groups excluding tert-OH is 1. The second kappa shape index (κ2) is 5.26. The van der Waals surface area contributed by atoms with Crippen molar-refractivity contribution >= 4 is 34.8 Å². The standard InChI is InChI=1S/C21H17Cl2NO3/c22-11-6-7-15(14(23)8-11)24-20(26)16-12-9-13-17(16)21(24,27-19(13)18(12)25)10-4-2-1-3-5-10/h1-8,12-13,16-19,25H,9H2. The van der Waals surface area contributed by atoms with Crippen molar-refractivity contribution in [3.05, 3.63) is 64.1 Å². The van der Waals surface area contributed by atoms with Crippen LogP contribution < -0.4 is 4.90 Å². The van der Waals surface area contributed by atoms with Crippen LogP contribution >= 0.6 is 23.2 Å². The van der Waals surface area contributed by atoms with E-state index < -0.39 is 11.8 Å². The Balaban J connectivity index is 1.62. The highest BCUT2D eigenvalue weighted by atomic mass is 35.5. The fourth-order valence-electron chi connectivity index (χ4n) is 6.18. The first-order chi connectivity index (χ1) is 13.0. The zero-order valence-electron chi connectivity index (χ0n) is 14.3. The number of rotatable bonds is 2. The van der Waals surface area contributed by atoms with Gasteiger partial charge < -0.3 is 9.84 Å². The molecule has 6 heteroatoms. The second-order valence-electron chi connectivity index (χ2n) is 8.02. The Morgan fingerprint density at radius 1 is 1.11 bits per heavy atom. The lowest BCUT2D eigenvalue weighted by atomic mass is 9.75. The molecule has 4 aliphatic rings. The van der Waals surface area contributed by atoms with Gasteiger partial charge >= 0.3 is 0 Å². The Kier molecular flexibility index (Phi) is 3.19. The largest absolute Gasteiger partial charge is 0.390 e. The molecule has 2 heterocycles. The summed E-state index contributed by atoms with van der Waals surface area (Å²) in [6.45, 7) is 0. The molecular weight excluding hydrogens is 385 g/mol. The summed E-state index contributed by atoms with van der Waals surface area (Å²) < 4.78 is 6.60. The first-order valence-electron chi connectivity index (χ1n) is 9.24. The minimum atomic E-state index is -0.929. The van der Waals surface area contributed by atoms with E-state index in [2.05, 4.69) is 0 Å². The van der Waals surface area contributed by atoms with Crippen LogP contribution in [0.1, 0.15) is 12.0 Å². The van der Waals surface area contributed by atoms with Gasteiger partial charge in [-0.1, -0.05) is 53.5 Å². The fourth-order valence-corrected chi connectivity index (χ4v) is 6.68. The predicted octanol–water partition coefficient (Wildman–Crippen LogP) is 3.83. The van der Waals surface area contributed by atoms with E-state index in [0.29, 0.717) is 15.7 Å². The van der Waals surface area contributed by atoms with Gasteiger partial charge in [-0.15, -0.1) is 0 Å². The Morgan fingerprint density at radius 2 is 1.89 bits per heavy atom. The highest BCUT2D eigenvalue weighted by molar-refractivity contribution is 6.37. The van der Waals surface area contributed by atoms with Gasteiger partial charge in [-0.05, 0) is 36.5 Å². The van der Waals surface area contributed by atoms with Crippen LogP contribution in [0.4, 0.5) is 5.69 Å². The first-order valence-corrected chi connectivity index (χ1v) is 10.00. The van der Waals surface area contributed by atoms with Crippen molar-refractivity contribution in [2.24, 2.45) is 23.7 Å². The zero-order valence-corrected chi connectivity index (χ0v) is 15.8. The summed E-state index contributed by atoms with van der Waals surface area (Å²) in [5.74, 6) is -0.0829. The molecule has 2 saturated carbocycles. The minimum Gasteiger partial charge on any atom is -0.390 e. The van der Waals surface area contributed by atoms with Crippen molar-refractivity contribution in [1.29, 1.82) is 0 Å². The number of hydrogen-bond donors (Lipinski definition) is 1. The van der Waals surface area contributed by atoms with Gasteiger partial charge in [0.05, 0.1) is 28.8 Å². The molecule has 6 rings (SSSR count). The number of carbonyl (C=O) groups excluding carboxylic acids is 1. The molecule has 1 amide bonds. The number of anilines is 1. The molecule has 27 heavy (non-hydrogen) atoms. The van der Waals surface area contributed by atoms with Crippen molar-refractivity contribution in [3.8, 4) is 0 Å². The van der Waals surface area contributed by atoms with Crippen molar-refractivity contribution in [1.82, 2.24) is 0 Å². The summed E-state index contributed by atoms with van der Waals surface area (Å²) in [6.07, 6.45) is 0.0377. The van der Waals surface area contributed by atoms with Gasteiger partial charge in [0.2, 0.25) is 5.91 Å². The molecule has 7 unspecified atom stereocenters. The lowest BCUT2D eigenvalue weighted by molar-refractivity contribution is -0.133. The van der Waals surface area contributed by atoms with E-state index in [0.717, 1.165) is 12.0 Å². The molecule has 2 aromatic carbocycles. The van der Waals surface area contributed by atoms with Gasteiger partial charge in [-0.3, -0.25) is 9.69 Å². The van der Waals surface area contributed by atoms with Crippen LogP contribution in [0.5, 0.6) is 0 Å². The highest BCUT2D eigenvalue weighted by Gasteiger charge is 2.79. The molecule has 2 aliphatic heterocycles. The van der Waals surface area contributed by atoms with E-state index in [1.165, 1.54) is 0 Å². The summed E-state index contributed by atoms with van der Waals surface area (Å²) in [6, 6.07) is 15.0. The molecule has 4 nitrogen and oxygen atoms in total. The monoisotopic (exact) mass is 401 g/mol. The third-order valence-corrected chi connectivity index (χ3v) is 7.53. The quantitative estimate of drug-likeness (QED) is 0.831. The summed E-state index contributed by atoms with van der Waals surface area (Å²) in [5, 5.41) is 11.7. The lowest BCUT2D eigenvalue weighted by Gasteiger charge is -2.39. The number of carbonyl (C=O) groups is 1. The van der Waals surface area contributed by atoms with Crippen molar-refractivity contribution in [2.45, 2.75) is 24.4 Å². The smallest absolute Gasteiger partial charge is 0.233 e. The molecule has 0 spiro atoms. The number of hydrogen-bond acceptors (Lipinski definition) is 3. The molecule has 2 bridgehead atoms. The van der Waals surface area contributed by atoms with E-state index in [4.69, 9.17) is 27.9 Å². The Labute approximate surface area is 166 Å². The van der Waals surface area contributed by atoms with Crippen LogP contribution in [-0.2, 0) is 15.3 Å². The van der Waals surface area contributed by atoms with Crippen molar-refractivity contribution in [2.75, 3.05) is 4.90 Å². The number of halogens is 2. The number of ether oxygens (including phenoxy) is 1. The SMILES string of the molecule is O=C1C2C3CC4C(OC(c5ccccc5)(C42)N1c1ccc(Cl)cc1Cl)C3O. The van der Waals surface area contributed by atoms with Crippen LogP contribution in [0.2, 0.25) is 10.0 Å². The third kappa shape index (κ3) is 1.81. The highest BCUT2D eigenvalue weighted by Crippen LogP contribution is 2.71. The molecule has 7 atom stereocenters. The molecule has 2 aromatic rings. The lowest BCUT2D eigenvalue weighted by Crippen LogP contribution is -2.49. The van der Waals surface area contributed by atoms with E-state index >= 15 is 0 Å². The van der Waals surface area contributed by atoms with Crippen LogP contribution in [0, 0.1) is 23.7 Å². The number of benzene rings is 2. The minimum absolute atomic E-state index is 0.0159. The molecular formula is C21H17Cl2NO3. The Bertz CT molecular complexity index is 967. The van der Waals surface area contributed by atoms with Crippen molar-refractivity contribution < 1.29 is 14.6 Å². The normalized spacial score (nSPS) is 41.0. The summed E-state index contributed by atoms with van der Waals surface area (Å²) in [4.78, 5) is 15.4. The summed E-state index contributed by atoms with van der Waals surface area (Å²) in [7, 11) is 0. The average molecular weight is 402 g/mol. The maximum atomic E-state index is 13.6. The van der Waals surface area contributed by atoms with Gasteiger partial charge in [0.25, 0.3) is 0 Å². The molecule has 0 radical (unpaired) electrons. The van der Waals surface area contributed by atoms with E-state index in [-0.39, 0.29) is 35.7 Å². The van der Waals surface area contributed by atoms with Crippen LogP contribution in [-0.4, -0.2) is 23.2 Å². The van der Waals surface area contributed by atoms with E-state index in [9.17, 15) is 9.90 Å². The van der Waals surface area contributed by atoms with E-state index in [1.54, 1.807) is 23.1 Å². The molecule has 0 aromatic heterocycles. The van der Waals surface area contributed by atoms with Gasteiger partial charge in [-0.25, -0.2) is 0 Å². The average Bonchev–Trinajstić information content (AvgIpc) is 3.33. The zero-order chi connectivity index (χ0) is 18.5. The van der Waals surface area contributed by atoms with Crippen molar-refractivity contribution in [3.63, 3.8) is 0 Å². The topological polar surface area (TPSA) is 49.8 Å². The predicted molar refractivity (Wildman–Crippen MR) is 102 cm³/mol. The maximum absolute atomic E-state index is 13.6. The van der Waals surface area contributed by atoms with Gasteiger partial charge in [0, 0.05) is 16.5 Å². The number of aliphatic hydroxyl groups is 1. The summed E-state index contributed by atoms with van der Waals surface area (Å²) in [5.41, 5.74) is 0.611. The molecule has 2 saturated heterocycles. The first kappa shape index (κ1) is 16.4. The van der Waals surface area contributed by atoms with Gasteiger partial charge in [-0.2, -0.15) is 0 Å². The van der Waals surface area contributed by atoms with Gasteiger partial charge in [0.15, 0.2) is 5.72 Å². The van der Waals surface area contributed by atoms with E-state index in [1.807, 2.05) is 30.3 Å². The molecule has 1 N–H and O–H groups in total. The Hall–Kier alpha value is -1.59. The molecule has 2 aliphatic carbocycles. The van der Waals surface area contributed by atoms with Gasteiger partial charge in [0.1, 0.15) is 0 Å². The summed E-state index contributed by atoms with van der Waals surface area (Å²) >= 11 is 12.6. The Morgan fingerprint density at radius 3 is 2.63 bits per heavy atom. The molecule has 4 fully saturated rings. The van der Waals surface area contributed by atoms with Crippen LogP contribution in [0.25, 0.3) is 0 Å². The van der Waals surface area contributed by atoms with Crippen LogP contribution in [0.15, 0.2) is 48.5 Å². The molecule has 138 valence electrons. The number of amides is 1.